The molecule has 3 aromatic carbocycles. The van der Waals surface area contributed by atoms with Crippen LogP contribution in [0.2, 0.25) is 0 Å². The molecule has 43 heavy (non-hydrogen) atoms. The number of alkyl halides is 2. The highest BCUT2D eigenvalue weighted by molar-refractivity contribution is 7.09. The van der Waals surface area contributed by atoms with E-state index in [0.29, 0.717) is 48.3 Å². The van der Waals surface area contributed by atoms with Crippen molar-refractivity contribution in [2.45, 2.75) is 51.1 Å². The molecule has 0 radical (unpaired) electrons. The molecule has 4 aromatic rings. The minimum atomic E-state index is -2.54. The quantitative estimate of drug-likeness (QED) is 0.207. The molecule has 1 fully saturated rings. The number of hydrogen-bond donors (Lipinski definition) is 0. The van der Waals surface area contributed by atoms with E-state index in [4.69, 9.17) is 4.98 Å². The monoisotopic (exact) mass is 598 g/mol. The van der Waals surface area contributed by atoms with Gasteiger partial charge in [0.25, 0.3) is 18.2 Å². The Labute approximate surface area is 254 Å². The second kappa shape index (κ2) is 13.3. The number of nitrogens with zero attached hydrogens (tertiary/aromatic N) is 4. The average molecular weight is 599 g/mol. The first kappa shape index (κ1) is 30.1. The summed E-state index contributed by atoms with van der Waals surface area (Å²) in [5.74, 6) is -0.266. The highest BCUT2D eigenvalue weighted by atomic mass is 32.1. The Morgan fingerprint density at radius 2 is 1.60 bits per heavy atom. The fourth-order valence-electron chi connectivity index (χ4n) is 5.52. The summed E-state index contributed by atoms with van der Waals surface area (Å²) in [6.07, 6.45) is -1.13. The van der Waals surface area contributed by atoms with Gasteiger partial charge in [-0.1, -0.05) is 72.8 Å². The summed E-state index contributed by atoms with van der Waals surface area (Å²) in [6.45, 7) is 4.85. The number of benzene rings is 3. The molecular weight excluding hydrogens is 566 g/mol. The van der Waals surface area contributed by atoms with Crippen LogP contribution < -0.4 is 0 Å². The molecule has 1 aliphatic heterocycles. The molecule has 2 amide bonds. The number of likely N-dealkylation sites (tertiary alicyclic amines) is 1. The molecule has 1 aromatic heterocycles. The van der Waals surface area contributed by atoms with Crippen LogP contribution in [0.1, 0.15) is 82.1 Å². The average Bonchev–Trinajstić information content (AvgIpc) is 3.54. The summed E-state index contributed by atoms with van der Waals surface area (Å²) >= 11 is 1.44. The van der Waals surface area contributed by atoms with E-state index in [1.54, 1.807) is 34.5 Å². The fourth-order valence-corrected chi connectivity index (χ4v) is 6.48. The third-order valence-electron chi connectivity index (χ3n) is 7.81. The molecule has 5 rings (SSSR count). The molecule has 0 spiro atoms. The number of aromatic nitrogens is 1. The molecule has 2 heterocycles. The lowest BCUT2D eigenvalue weighted by atomic mass is 9.94. The van der Waals surface area contributed by atoms with Crippen LogP contribution in [0.15, 0.2) is 84.2 Å². The van der Waals surface area contributed by atoms with Gasteiger partial charge in [0.1, 0.15) is 11.7 Å². The smallest absolute Gasteiger partial charge is 0.274 e. The van der Waals surface area contributed by atoms with Gasteiger partial charge in [0, 0.05) is 41.6 Å². The number of thiazole rings is 1. The number of carbonyl (C=O) groups excluding carboxylic acids is 2. The molecule has 0 N–H and O–H groups in total. The molecule has 1 unspecified atom stereocenters. The van der Waals surface area contributed by atoms with Crippen LogP contribution >= 0.6 is 11.3 Å². The zero-order valence-corrected chi connectivity index (χ0v) is 24.8. The number of hydrogen-bond acceptors (Lipinski definition) is 5. The van der Waals surface area contributed by atoms with E-state index in [1.165, 1.54) is 23.5 Å². The number of nitriles is 1. The van der Waals surface area contributed by atoms with Gasteiger partial charge in [-0.05, 0) is 49.4 Å². The fraction of sp³-hybridized carbons (Fsp3) is 0.294. The molecule has 1 saturated heterocycles. The highest BCUT2D eigenvalue weighted by Gasteiger charge is 2.32. The normalized spacial score (nSPS) is 14.5. The van der Waals surface area contributed by atoms with Crippen molar-refractivity contribution in [3.63, 3.8) is 0 Å². The van der Waals surface area contributed by atoms with Crippen LogP contribution in [-0.4, -0.2) is 45.7 Å². The van der Waals surface area contributed by atoms with Gasteiger partial charge in [0.15, 0.2) is 0 Å². The number of piperidine rings is 1. The molecule has 0 saturated carbocycles. The highest BCUT2D eigenvalue weighted by Crippen LogP contribution is 2.34. The standard InChI is InChI=1S/C34H32F2N4O2S/c1-22(2)40(30(20-37)24-8-4-3-5-9-24)34(42)29-21-43-32(38-29)26-16-18-39(19-17-26)33(41)28-11-7-6-10-27(28)23-12-14-25(15-13-23)31(35)36/h3-15,21-22,26,30-31H,16-19H2,1-2H3. The van der Waals surface area contributed by atoms with E-state index >= 15 is 0 Å². The summed E-state index contributed by atoms with van der Waals surface area (Å²) in [5, 5.41) is 12.6. The molecule has 6 nitrogen and oxygen atoms in total. The summed E-state index contributed by atoms with van der Waals surface area (Å²) in [4.78, 5) is 35.3. The number of halogens is 2. The Bertz CT molecular complexity index is 1610. The number of rotatable bonds is 8. The first-order valence-electron chi connectivity index (χ1n) is 14.3. The van der Waals surface area contributed by atoms with Crippen LogP contribution in [-0.2, 0) is 0 Å². The van der Waals surface area contributed by atoms with Crippen LogP contribution in [0.25, 0.3) is 11.1 Å². The number of carbonyl (C=O) groups is 2. The van der Waals surface area contributed by atoms with Gasteiger partial charge in [-0.3, -0.25) is 9.59 Å². The zero-order valence-electron chi connectivity index (χ0n) is 24.0. The lowest BCUT2D eigenvalue weighted by molar-refractivity contribution is 0.0651. The van der Waals surface area contributed by atoms with E-state index in [2.05, 4.69) is 6.07 Å². The Morgan fingerprint density at radius 3 is 2.23 bits per heavy atom. The molecule has 220 valence electrons. The van der Waals surface area contributed by atoms with Crippen LogP contribution in [0.3, 0.4) is 0 Å². The second-order valence-electron chi connectivity index (χ2n) is 10.9. The van der Waals surface area contributed by atoms with Crippen molar-refractivity contribution in [1.29, 1.82) is 5.26 Å². The molecular formula is C34H32F2N4O2S. The van der Waals surface area contributed by atoms with Gasteiger partial charge in [-0.15, -0.1) is 11.3 Å². The summed E-state index contributed by atoms with van der Waals surface area (Å²) in [5.41, 5.74) is 2.98. The Kier molecular flexibility index (Phi) is 9.27. The maximum Gasteiger partial charge on any atom is 0.274 e. The maximum absolute atomic E-state index is 13.6. The lowest BCUT2D eigenvalue weighted by Gasteiger charge is -2.32. The maximum atomic E-state index is 13.6. The zero-order chi connectivity index (χ0) is 30.5. The molecule has 1 aliphatic rings. The second-order valence-corrected chi connectivity index (χ2v) is 11.7. The lowest BCUT2D eigenvalue weighted by Crippen LogP contribution is -2.40. The van der Waals surface area contributed by atoms with Gasteiger partial charge >= 0.3 is 0 Å². The van der Waals surface area contributed by atoms with Crippen molar-refractivity contribution in [3.05, 3.63) is 112 Å². The minimum absolute atomic E-state index is 0.0559. The van der Waals surface area contributed by atoms with Gasteiger partial charge < -0.3 is 9.80 Å². The van der Waals surface area contributed by atoms with Crippen molar-refractivity contribution >= 4 is 23.2 Å². The van der Waals surface area contributed by atoms with Crippen LogP contribution in [0, 0.1) is 11.3 Å². The largest absolute Gasteiger partial charge is 0.339 e. The Hall–Kier alpha value is -4.42. The van der Waals surface area contributed by atoms with Crippen molar-refractivity contribution in [1.82, 2.24) is 14.8 Å². The predicted molar refractivity (Wildman–Crippen MR) is 163 cm³/mol. The van der Waals surface area contributed by atoms with Gasteiger partial charge in [0.2, 0.25) is 0 Å². The molecule has 0 bridgehead atoms. The predicted octanol–water partition coefficient (Wildman–Crippen LogP) is 7.88. The third-order valence-corrected chi connectivity index (χ3v) is 8.82. The topological polar surface area (TPSA) is 77.3 Å². The Morgan fingerprint density at radius 1 is 0.953 bits per heavy atom. The van der Waals surface area contributed by atoms with E-state index in [0.717, 1.165) is 10.6 Å². The number of amides is 2. The van der Waals surface area contributed by atoms with E-state index in [-0.39, 0.29) is 29.3 Å². The van der Waals surface area contributed by atoms with Crippen molar-refractivity contribution in [2.24, 2.45) is 0 Å². The first-order valence-corrected chi connectivity index (χ1v) is 15.2. The molecule has 1 atom stereocenters. The molecule has 9 heteroatoms. The minimum Gasteiger partial charge on any atom is -0.339 e. The summed E-state index contributed by atoms with van der Waals surface area (Å²) in [6, 6.07) is 23.9. The van der Waals surface area contributed by atoms with Crippen molar-refractivity contribution in [3.8, 4) is 17.2 Å². The van der Waals surface area contributed by atoms with Gasteiger partial charge in [-0.25, -0.2) is 13.8 Å². The van der Waals surface area contributed by atoms with E-state index in [1.807, 2.05) is 61.2 Å². The van der Waals surface area contributed by atoms with Gasteiger partial charge in [0.05, 0.1) is 11.1 Å². The van der Waals surface area contributed by atoms with Crippen molar-refractivity contribution in [2.75, 3.05) is 13.1 Å². The third kappa shape index (κ3) is 6.50. The Balaban J connectivity index is 1.27. The van der Waals surface area contributed by atoms with Crippen LogP contribution in [0.4, 0.5) is 8.78 Å². The summed E-state index contributed by atoms with van der Waals surface area (Å²) in [7, 11) is 0. The SMILES string of the molecule is CC(C)N(C(=O)c1csc(C2CCN(C(=O)c3ccccc3-c3ccc(C(F)F)cc3)CC2)n1)C(C#N)c1ccccc1. The van der Waals surface area contributed by atoms with Gasteiger partial charge in [-0.2, -0.15) is 5.26 Å². The van der Waals surface area contributed by atoms with Crippen molar-refractivity contribution < 1.29 is 18.4 Å². The first-order chi connectivity index (χ1) is 20.8. The van der Waals surface area contributed by atoms with Crippen LogP contribution in [0.5, 0.6) is 0 Å². The molecule has 0 aliphatic carbocycles. The summed E-state index contributed by atoms with van der Waals surface area (Å²) < 4.78 is 26.1. The van der Waals surface area contributed by atoms with E-state index in [9.17, 15) is 23.6 Å². The van der Waals surface area contributed by atoms with E-state index < -0.39 is 12.5 Å².